The number of hydrogen-bond donors (Lipinski definition) is 0. The van der Waals surface area contributed by atoms with E-state index in [-0.39, 0.29) is 0 Å². The number of rotatable bonds is 5. The SMILES string of the molecule is c1ccc(COc2ccc(-n3cc(C4CCOC4)nn3)cc2)cc1. The molecule has 1 aromatic heterocycles. The standard InChI is InChI=1S/C19H19N3O2/c1-2-4-15(5-3-1)13-24-18-8-6-17(7-9-18)22-12-19(20-21-22)16-10-11-23-14-16/h1-9,12,16H,10-11,13-14H2. The molecule has 1 atom stereocenters. The van der Waals surface area contributed by atoms with Crippen LogP contribution in [0.5, 0.6) is 5.75 Å². The fourth-order valence-corrected chi connectivity index (χ4v) is 2.79. The van der Waals surface area contributed by atoms with Crippen molar-refractivity contribution in [2.24, 2.45) is 0 Å². The van der Waals surface area contributed by atoms with E-state index >= 15 is 0 Å². The lowest BCUT2D eigenvalue weighted by Gasteiger charge is -2.07. The second kappa shape index (κ2) is 6.84. The van der Waals surface area contributed by atoms with Gasteiger partial charge in [-0.3, -0.25) is 0 Å². The van der Waals surface area contributed by atoms with Crippen LogP contribution in [-0.2, 0) is 11.3 Å². The van der Waals surface area contributed by atoms with Gasteiger partial charge in [-0.2, -0.15) is 0 Å². The van der Waals surface area contributed by atoms with Crippen LogP contribution in [0.15, 0.2) is 60.8 Å². The van der Waals surface area contributed by atoms with E-state index in [1.807, 2.05) is 48.7 Å². The fraction of sp³-hybridized carbons (Fsp3) is 0.263. The molecule has 5 nitrogen and oxygen atoms in total. The molecule has 1 aliphatic rings. The van der Waals surface area contributed by atoms with Crippen LogP contribution >= 0.6 is 0 Å². The number of nitrogens with zero attached hydrogens (tertiary/aromatic N) is 3. The fourth-order valence-electron chi connectivity index (χ4n) is 2.79. The third kappa shape index (κ3) is 3.31. The van der Waals surface area contributed by atoms with Crippen molar-refractivity contribution in [3.63, 3.8) is 0 Å². The molecule has 1 unspecified atom stereocenters. The first kappa shape index (κ1) is 14.9. The van der Waals surface area contributed by atoms with Crippen LogP contribution in [0.1, 0.15) is 23.6 Å². The molecule has 0 spiro atoms. The number of benzene rings is 2. The highest BCUT2D eigenvalue weighted by Crippen LogP contribution is 2.24. The van der Waals surface area contributed by atoms with Crippen molar-refractivity contribution < 1.29 is 9.47 Å². The highest BCUT2D eigenvalue weighted by molar-refractivity contribution is 5.37. The van der Waals surface area contributed by atoms with Crippen LogP contribution in [0.2, 0.25) is 0 Å². The Morgan fingerprint density at radius 3 is 2.67 bits per heavy atom. The average Bonchev–Trinajstić information content (AvgIpc) is 3.33. The summed E-state index contributed by atoms with van der Waals surface area (Å²) in [5, 5.41) is 8.50. The molecule has 0 saturated carbocycles. The van der Waals surface area contributed by atoms with E-state index in [4.69, 9.17) is 9.47 Å². The molecule has 5 heteroatoms. The predicted octanol–water partition coefficient (Wildman–Crippen LogP) is 3.35. The largest absolute Gasteiger partial charge is 0.489 e. The quantitative estimate of drug-likeness (QED) is 0.723. The molecular formula is C19H19N3O2. The molecule has 0 aliphatic carbocycles. The second-order valence-electron chi connectivity index (χ2n) is 5.92. The molecule has 2 aromatic carbocycles. The minimum absolute atomic E-state index is 0.368. The Hall–Kier alpha value is -2.66. The molecule has 0 N–H and O–H groups in total. The van der Waals surface area contributed by atoms with E-state index in [0.29, 0.717) is 12.5 Å². The van der Waals surface area contributed by atoms with Gasteiger partial charge >= 0.3 is 0 Å². The first-order valence-corrected chi connectivity index (χ1v) is 8.16. The lowest BCUT2D eigenvalue weighted by atomic mass is 10.1. The highest BCUT2D eigenvalue weighted by atomic mass is 16.5. The summed E-state index contributed by atoms with van der Waals surface area (Å²) in [7, 11) is 0. The zero-order valence-electron chi connectivity index (χ0n) is 13.3. The van der Waals surface area contributed by atoms with Gasteiger partial charge in [0.15, 0.2) is 0 Å². The van der Waals surface area contributed by atoms with Crippen LogP contribution < -0.4 is 4.74 Å². The molecule has 0 bridgehead atoms. The van der Waals surface area contributed by atoms with Gasteiger partial charge in [-0.05, 0) is 36.2 Å². The van der Waals surface area contributed by atoms with Gasteiger partial charge < -0.3 is 9.47 Å². The second-order valence-corrected chi connectivity index (χ2v) is 5.92. The summed E-state index contributed by atoms with van der Waals surface area (Å²) in [6.07, 6.45) is 3.00. The molecular weight excluding hydrogens is 302 g/mol. The maximum Gasteiger partial charge on any atom is 0.119 e. The van der Waals surface area contributed by atoms with Gasteiger partial charge in [0.1, 0.15) is 12.4 Å². The lowest BCUT2D eigenvalue weighted by molar-refractivity contribution is 0.193. The van der Waals surface area contributed by atoms with E-state index in [1.165, 1.54) is 0 Å². The van der Waals surface area contributed by atoms with Gasteiger partial charge in [0, 0.05) is 12.5 Å². The van der Waals surface area contributed by atoms with E-state index < -0.39 is 0 Å². The summed E-state index contributed by atoms with van der Waals surface area (Å²) >= 11 is 0. The Morgan fingerprint density at radius 1 is 1.08 bits per heavy atom. The molecule has 24 heavy (non-hydrogen) atoms. The Morgan fingerprint density at radius 2 is 1.92 bits per heavy atom. The maximum absolute atomic E-state index is 5.81. The average molecular weight is 321 g/mol. The zero-order valence-corrected chi connectivity index (χ0v) is 13.3. The van der Waals surface area contributed by atoms with E-state index in [2.05, 4.69) is 22.4 Å². The monoisotopic (exact) mass is 321 g/mol. The van der Waals surface area contributed by atoms with Crippen LogP contribution in [0.3, 0.4) is 0 Å². The van der Waals surface area contributed by atoms with Crippen molar-refractivity contribution in [1.29, 1.82) is 0 Å². The first-order chi connectivity index (χ1) is 11.9. The van der Waals surface area contributed by atoms with Crippen molar-refractivity contribution >= 4 is 0 Å². The van der Waals surface area contributed by atoms with Gasteiger partial charge in [0.25, 0.3) is 0 Å². The van der Waals surface area contributed by atoms with Crippen LogP contribution in [-0.4, -0.2) is 28.2 Å². The van der Waals surface area contributed by atoms with Gasteiger partial charge in [-0.1, -0.05) is 35.5 Å². The molecule has 3 aromatic rings. The Balaban J connectivity index is 1.42. The van der Waals surface area contributed by atoms with Crippen molar-refractivity contribution in [2.45, 2.75) is 18.9 Å². The van der Waals surface area contributed by atoms with Crippen molar-refractivity contribution in [1.82, 2.24) is 15.0 Å². The van der Waals surface area contributed by atoms with Gasteiger partial charge in [-0.25, -0.2) is 4.68 Å². The summed E-state index contributed by atoms with van der Waals surface area (Å²) in [4.78, 5) is 0. The van der Waals surface area contributed by atoms with Crippen LogP contribution in [0, 0.1) is 0 Å². The number of aromatic nitrogens is 3. The highest BCUT2D eigenvalue weighted by Gasteiger charge is 2.20. The van der Waals surface area contributed by atoms with Crippen molar-refractivity contribution in [2.75, 3.05) is 13.2 Å². The van der Waals surface area contributed by atoms with Gasteiger partial charge in [-0.15, -0.1) is 5.10 Å². The smallest absolute Gasteiger partial charge is 0.119 e. The molecule has 0 amide bonds. The predicted molar refractivity (Wildman–Crippen MR) is 90.3 cm³/mol. The molecule has 4 rings (SSSR count). The first-order valence-electron chi connectivity index (χ1n) is 8.16. The third-order valence-electron chi connectivity index (χ3n) is 4.21. The topological polar surface area (TPSA) is 49.2 Å². The summed E-state index contributed by atoms with van der Waals surface area (Å²) < 4.78 is 13.0. The molecule has 1 aliphatic heterocycles. The van der Waals surface area contributed by atoms with Gasteiger partial charge in [0.2, 0.25) is 0 Å². The Labute approximate surface area is 140 Å². The summed E-state index contributed by atoms with van der Waals surface area (Å²) in [6.45, 7) is 2.12. The third-order valence-corrected chi connectivity index (χ3v) is 4.21. The molecule has 1 fully saturated rings. The van der Waals surface area contributed by atoms with Gasteiger partial charge in [0.05, 0.1) is 24.2 Å². The number of hydrogen-bond acceptors (Lipinski definition) is 4. The molecule has 122 valence electrons. The lowest BCUT2D eigenvalue weighted by Crippen LogP contribution is -1.98. The Kier molecular flexibility index (Phi) is 4.25. The van der Waals surface area contributed by atoms with Crippen LogP contribution in [0.25, 0.3) is 5.69 Å². The number of ether oxygens (including phenoxy) is 2. The zero-order chi connectivity index (χ0) is 16.2. The van der Waals surface area contributed by atoms with E-state index in [9.17, 15) is 0 Å². The maximum atomic E-state index is 5.81. The molecule has 1 saturated heterocycles. The normalized spacial score (nSPS) is 17.1. The summed E-state index contributed by atoms with van der Waals surface area (Å²) in [5.74, 6) is 1.21. The summed E-state index contributed by atoms with van der Waals surface area (Å²) in [6, 6.07) is 18.0. The summed E-state index contributed by atoms with van der Waals surface area (Å²) in [5.41, 5.74) is 3.12. The minimum atomic E-state index is 0.368. The van der Waals surface area contributed by atoms with Crippen molar-refractivity contribution in [3.8, 4) is 11.4 Å². The van der Waals surface area contributed by atoms with Crippen LogP contribution in [0.4, 0.5) is 0 Å². The molecule has 2 heterocycles. The molecule has 0 radical (unpaired) electrons. The minimum Gasteiger partial charge on any atom is -0.489 e. The van der Waals surface area contributed by atoms with E-state index in [1.54, 1.807) is 4.68 Å². The van der Waals surface area contributed by atoms with E-state index in [0.717, 1.165) is 42.3 Å². The van der Waals surface area contributed by atoms with Crippen molar-refractivity contribution in [3.05, 3.63) is 72.1 Å². The Bertz CT molecular complexity index is 778.